The molecule has 1 aliphatic heterocycles. The van der Waals surface area contributed by atoms with Crippen LogP contribution >= 0.6 is 0 Å². The maximum atomic E-state index is 4.71. The molecule has 32 heavy (non-hydrogen) atoms. The molecule has 0 N–H and O–H groups in total. The Morgan fingerprint density at radius 3 is 0.812 bits per heavy atom. The van der Waals surface area contributed by atoms with Gasteiger partial charge in [-0.05, 0) is 25.7 Å². The first-order chi connectivity index (χ1) is 14.7. The van der Waals surface area contributed by atoms with Crippen LogP contribution in [0.2, 0.25) is 76.6 Å². The van der Waals surface area contributed by atoms with E-state index in [0.29, 0.717) is 0 Å². The minimum atomic E-state index is -1.33. The summed E-state index contributed by atoms with van der Waals surface area (Å²) in [4.78, 5) is 3.44. The molecule has 0 fully saturated rings. The SMILES string of the molecule is C=C1[Si](C)(C)CCC/C=C/CCC[Si](C)(C)C(=C)[Si](C)(C)CCC/C=C/CCC[Si]1(C)C. The molecule has 0 radical (unpaired) electrons. The summed E-state index contributed by atoms with van der Waals surface area (Å²) in [5.74, 6) is 0. The Morgan fingerprint density at radius 1 is 0.438 bits per heavy atom. The summed E-state index contributed by atoms with van der Waals surface area (Å²) in [6, 6.07) is 5.63. The standard InChI is InChI=1S/C28H56Si4/c1-27-29(3,4)23-19-15-11-13-17-21-25-31(7,8)28(2)32(9,10)26-22-18-14-12-16-20-24-30(27,5)6/h11-14H,1-2,15-26H2,3-10H3/b13-11+,14-12+. The monoisotopic (exact) mass is 504 g/mol. The molecule has 0 aliphatic carbocycles. The van der Waals surface area contributed by atoms with Gasteiger partial charge in [-0.2, -0.15) is 0 Å². The van der Waals surface area contributed by atoms with Crippen molar-refractivity contribution in [3.8, 4) is 0 Å². The van der Waals surface area contributed by atoms with E-state index in [4.69, 9.17) is 13.2 Å². The van der Waals surface area contributed by atoms with Gasteiger partial charge < -0.3 is 0 Å². The van der Waals surface area contributed by atoms with E-state index in [2.05, 4.69) is 76.7 Å². The van der Waals surface area contributed by atoms with E-state index in [1.165, 1.54) is 75.5 Å². The van der Waals surface area contributed by atoms with Crippen LogP contribution in [0.15, 0.2) is 47.1 Å². The van der Waals surface area contributed by atoms with Gasteiger partial charge in [-0.1, -0.05) is 136 Å². The van der Waals surface area contributed by atoms with Crippen molar-refractivity contribution in [2.75, 3.05) is 0 Å². The maximum absolute atomic E-state index is 4.71. The summed E-state index contributed by atoms with van der Waals surface area (Å²) in [6.45, 7) is 30.1. The minimum absolute atomic E-state index is 1.25. The molecule has 0 bridgehead atoms. The number of allylic oxidation sites excluding steroid dienone is 4. The largest absolute Gasteiger partial charge is 0.108 e. The van der Waals surface area contributed by atoms with Gasteiger partial charge in [0.1, 0.15) is 0 Å². The fraction of sp³-hybridized carbons (Fsp3) is 0.714. The highest BCUT2D eigenvalue weighted by atomic mass is 28.4. The van der Waals surface area contributed by atoms with Crippen LogP contribution in [-0.2, 0) is 0 Å². The van der Waals surface area contributed by atoms with Gasteiger partial charge in [-0.25, -0.2) is 0 Å². The quantitative estimate of drug-likeness (QED) is 0.227. The van der Waals surface area contributed by atoms with Crippen molar-refractivity contribution in [3.63, 3.8) is 0 Å². The second-order valence-corrected chi connectivity index (χ2v) is 33.5. The molecule has 184 valence electrons. The van der Waals surface area contributed by atoms with Crippen molar-refractivity contribution in [2.45, 2.75) is 128 Å². The summed E-state index contributed by atoms with van der Waals surface area (Å²) in [6.07, 6.45) is 20.3. The highest BCUT2D eigenvalue weighted by Gasteiger charge is 2.36. The fourth-order valence-electron chi connectivity index (χ4n) is 5.55. The van der Waals surface area contributed by atoms with Crippen molar-refractivity contribution in [3.05, 3.63) is 47.1 Å². The van der Waals surface area contributed by atoms with E-state index in [1.807, 2.05) is 0 Å². The third-order valence-corrected chi connectivity index (χ3v) is 29.4. The van der Waals surface area contributed by atoms with Crippen LogP contribution in [0.5, 0.6) is 0 Å². The van der Waals surface area contributed by atoms with Crippen molar-refractivity contribution in [2.24, 2.45) is 0 Å². The number of rotatable bonds is 0. The Balaban J connectivity index is 2.83. The summed E-state index contributed by atoms with van der Waals surface area (Å²) in [7, 11) is -5.31. The van der Waals surface area contributed by atoms with Crippen molar-refractivity contribution in [1.82, 2.24) is 0 Å². The zero-order valence-corrected chi connectivity index (χ0v) is 27.2. The Morgan fingerprint density at radius 2 is 0.625 bits per heavy atom. The molecular formula is C28H56Si4. The van der Waals surface area contributed by atoms with E-state index in [9.17, 15) is 0 Å². The highest BCUT2D eigenvalue weighted by Crippen LogP contribution is 2.34. The molecule has 4 heteroatoms. The number of hydrogen-bond donors (Lipinski definition) is 0. The van der Waals surface area contributed by atoms with E-state index >= 15 is 0 Å². The van der Waals surface area contributed by atoms with Crippen LogP contribution in [0.4, 0.5) is 0 Å². The maximum Gasteiger partial charge on any atom is 0.0705 e. The molecule has 0 saturated carbocycles. The van der Waals surface area contributed by atoms with Gasteiger partial charge in [-0.3, -0.25) is 0 Å². The first kappa shape index (κ1) is 29.9. The lowest BCUT2D eigenvalue weighted by molar-refractivity contribution is 0.896. The van der Waals surface area contributed by atoms with Crippen LogP contribution in [0.1, 0.15) is 51.4 Å². The fourth-order valence-corrected chi connectivity index (χ4v) is 27.3. The molecule has 0 amide bonds. The second-order valence-electron chi connectivity index (χ2n) is 13.0. The Labute approximate surface area is 206 Å². The van der Waals surface area contributed by atoms with Gasteiger partial charge in [0.05, 0.1) is 32.3 Å². The van der Waals surface area contributed by atoms with Crippen molar-refractivity contribution < 1.29 is 0 Å². The predicted molar refractivity (Wildman–Crippen MR) is 163 cm³/mol. The molecule has 1 rings (SSSR count). The highest BCUT2D eigenvalue weighted by molar-refractivity contribution is 7.06. The zero-order chi connectivity index (χ0) is 24.5. The van der Waals surface area contributed by atoms with Gasteiger partial charge in [-0.15, -0.1) is 13.2 Å². The van der Waals surface area contributed by atoms with Gasteiger partial charge >= 0.3 is 0 Å². The Kier molecular flexibility index (Phi) is 12.2. The van der Waals surface area contributed by atoms with Crippen LogP contribution < -0.4 is 0 Å². The van der Waals surface area contributed by atoms with Crippen LogP contribution in [0.25, 0.3) is 0 Å². The van der Waals surface area contributed by atoms with Gasteiger partial charge in [0, 0.05) is 0 Å². The third kappa shape index (κ3) is 9.98. The van der Waals surface area contributed by atoms with Gasteiger partial charge in [0.15, 0.2) is 0 Å². The average molecular weight is 505 g/mol. The zero-order valence-electron chi connectivity index (χ0n) is 23.2. The summed E-state index contributed by atoms with van der Waals surface area (Å²) >= 11 is 0. The van der Waals surface area contributed by atoms with E-state index in [-0.39, 0.29) is 0 Å². The third-order valence-electron chi connectivity index (χ3n) is 8.29. The number of hydrogen-bond acceptors (Lipinski definition) is 0. The minimum Gasteiger partial charge on any atom is -0.108 e. The normalized spacial score (nSPS) is 28.1. The molecule has 0 aromatic rings. The van der Waals surface area contributed by atoms with Gasteiger partial charge in [0.25, 0.3) is 0 Å². The van der Waals surface area contributed by atoms with Crippen LogP contribution in [0.3, 0.4) is 0 Å². The van der Waals surface area contributed by atoms with Gasteiger partial charge in [0.2, 0.25) is 0 Å². The Bertz CT molecular complexity index is 555. The lowest BCUT2D eigenvalue weighted by Crippen LogP contribution is -2.43. The van der Waals surface area contributed by atoms with E-state index < -0.39 is 32.3 Å². The molecule has 1 heterocycles. The first-order valence-electron chi connectivity index (χ1n) is 13.4. The second kappa shape index (κ2) is 13.1. The Hall–Kier alpha value is -0.172. The molecule has 0 atom stereocenters. The average Bonchev–Trinajstić information content (AvgIpc) is 2.69. The smallest absolute Gasteiger partial charge is 0.0705 e. The molecule has 0 spiro atoms. The van der Waals surface area contributed by atoms with Crippen LogP contribution in [-0.4, -0.2) is 32.3 Å². The summed E-state index contributed by atoms with van der Waals surface area (Å²) in [5.41, 5.74) is 0. The predicted octanol–water partition coefficient (Wildman–Crippen LogP) is 10.3. The molecule has 0 aromatic carbocycles. The lowest BCUT2D eigenvalue weighted by atomic mass is 10.2. The molecule has 0 aromatic heterocycles. The van der Waals surface area contributed by atoms with E-state index in [1.54, 1.807) is 9.64 Å². The summed E-state index contributed by atoms with van der Waals surface area (Å²) < 4.78 is 0. The van der Waals surface area contributed by atoms with E-state index in [0.717, 1.165) is 0 Å². The molecule has 0 unspecified atom stereocenters. The summed E-state index contributed by atoms with van der Waals surface area (Å²) in [5, 5.41) is 0. The molecule has 1 aliphatic rings. The molecular weight excluding hydrogens is 449 g/mol. The van der Waals surface area contributed by atoms with Crippen LogP contribution in [0, 0.1) is 0 Å². The van der Waals surface area contributed by atoms with Crippen molar-refractivity contribution in [1.29, 1.82) is 0 Å². The lowest BCUT2D eigenvalue weighted by Gasteiger charge is -2.36. The molecule has 0 saturated heterocycles. The topological polar surface area (TPSA) is 0 Å². The van der Waals surface area contributed by atoms with Crippen molar-refractivity contribution >= 4 is 32.3 Å². The molecule has 0 nitrogen and oxygen atoms in total. The first-order valence-corrected chi connectivity index (χ1v) is 26.2.